The maximum Gasteiger partial charge on any atom is 0.328 e. The Kier molecular flexibility index (Phi) is 6.56. The number of terminal acetylenes is 1. The number of oxime groups is 1. The first-order valence-corrected chi connectivity index (χ1v) is 12.3. The smallest absolute Gasteiger partial charge is 0.328 e. The summed E-state index contributed by atoms with van der Waals surface area (Å²) in [5, 5.41) is 35.4. The van der Waals surface area contributed by atoms with Gasteiger partial charge >= 0.3 is 5.97 Å². The van der Waals surface area contributed by atoms with Crippen molar-refractivity contribution in [1.82, 2.24) is 5.32 Å². The standard InChI is InChI=1S/C26H36N2O6/c1-4-26(33)12-9-20-18-6-5-16-13-17(28-34-15-22(30)27-21(14-29)23(31)32)7-10-24(16,2)19(18)8-11-25(20,26)3/h1,13,18-21,29,33H,5-12,14-15H2,2-3H3,(H,27,30)(H,31,32)/t18-,19+,20+,21?,24+,25+,26-/m1/s1. The maximum absolute atomic E-state index is 11.9. The first-order valence-electron chi connectivity index (χ1n) is 12.3. The van der Waals surface area contributed by atoms with Gasteiger partial charge in [0.25, 0.3) is 5.91 Å². The Hall–Kier alpha value is -2.37. The number of nitrogens with zero attached hydrogens (tertiary/aromatic N) is 1. The lowest BCUT2D eigenvalue weighted by Gasteiger charge is -2.58. The van der Waals surface area contributed by atoms with Gasteiger partial charge in [0.1, 0.15) is 11.6 Å². The molecular formula is C26H36N2O6. The molecule has 0 aromatic carbocycles. The van der Waals surface area contributed by atoms with Gasteiger partial charge < -0.3 is 25.5 Å². The second-order valence-corrected chi connectivity index (χ2v) is 11.0. The Labute approximate surface area is 200 Å². The molecule has 0 bridgehead atoms. The third kappa shape index (κ3) is 3.93. The predicted molar refractivity (Wildman–Crippen MR) is 126 cm³/mol. The van der Waals surface area contributed by atoms with Crippen LogP contribution in [-0.4, -0.2) is 57.8 Å². The lowest BCUT2D eigenvalue weighted by molar-refractivity contribution is -0.143. The summed E-state index contributed by atoms with van der Waals surface area (Å²) in [7, 11) is 0. The van der Waals surface area contributed by atoms with Crippen LogP contribution in [0.4, 0.5) is 0 Å². The zero-order valence-electron chi connectivity index (χ0n) is 20.0. The van der Waals surface area contributed by atoms with Gasteiger partial charge in [0.2, 0.25) is 0 Å². The van der Waals surface area contributed by atoms with Crippen molar-refractivity contribution < 1.29 is 29.7 Å². The van der Waals surface area contributed by atoms with Crippen molar-refractivity contribution in [1.29, 1.82) is 0 Å². The topological polar surface area (TPSA) is 128 Å². The molecule has 0 aliphatic heterocycles. The first-order chi connectivity index (χ1) is 16.1. The molecule has 1 amide bonds. The number of carboxylic acid groups (broad SMARTS) is 1. The Balaban J connectivity index is 1.42. The van der Waals surface area contributed by atoms with Crippen LogP contribution < -0.4 is 5.32 Å². The average Bonchev–Trinajstić information content (AvgIpc) is 3.08. The molecule has 4 aliphatic rings. The number of carbonyl (C=O) groups is 2. The molecule has 8 nitrogen and oxygen atoms in total. The Morgan fingerprint density at radius 1 is 1.24 bits per heavy atom. The van der Waals surface area contributed by atoms with Gasteiger partial charge in [-0.2, -0.15) is 0 Å². The van der Waals surface area contributed by atoms with E-state index in [9.17, 15) is 14.7 Å². The molecule has 3 saturated carbocycles. The number of nitrogens with one attached hydrogen (secondary N) is 1. The number of allylic oxidation sites excluding steroid dienone is 2. The normalized spacial score (nSPS) is 40.7. The molecule has 0 aromatic heterocycles. The summed E-state index contributed by atoms with van der Waals surface area (Å²) in [5.74, 6) is 2.37. The minimum Gasteiger partial charge on any atom is -0.480 e. The minimum atomic E-state index is -1.36. The van der Waals surface area contributed by atoms with Crippen molar-refractivity contribution in [3.8, 4) is 12.3 Å². The highest BCUT2D eigenvalue weighted by Crippen LogP contribution is 2.67. The molecule has 4 rings (SSSR count). The molecule has 186 valence electrons. The third-order valence-electron chi connectivity index (χ3n) is 9.56. The number of aliphatic hydroxyl groups excluding tert-OH is 1. The minimum absolute atomic E-state index is 0.0906. The molecule has 0 spiro atoms. The average molecular weight is 473 g/mol. The van der Waals surface area contributed by atoms with Gasteiger partial charge in [-0.05, 0) is 80.6 Å². The van der Waals surface area contributed by atoms with Crippen molar-refractivity contribution in [3.63, 3.8) is 0 Å². The second-order valence-electron chi connectivity index (χ2n) is 11.0. The first kappa shape index (κ1) is 24.7. The number of fused-ring (bicyclic) bond motifs is 5. The quantitative estimate of drug-likeness (QED) is 0.347. The van der Waals surface area contributed by atoms with Crippen LogP contribution in [0.5, 0.6) is 0 Å². The molecule has 3 fully saturated rings. The highest BCUT2D eigenvalue weighted by molar-refractivity contribution is 5.96. The molecular weight excluding hydrogens is 436 g/mol. The van der Waals surface area contributed by atoms with Gasteiger partial charge in [0.05, 0.1) is 12.3 Å². The van der Waals surface area contributed by atoms with E-state index in [-0.39, 0.29) is 10.8 Å². The second kappa shape index (κ2) is 9.01. The monoisotopic (exact) mass is 472 g/mol. The van der Waals surface area contributed by atoms with E-state index >= 15 is 0 Å². The van der Waals surface area contributed by atoms with Crippen LogP contribution in [0.25, 0.3) is 0 Å². The fraction of sp³-hybridized carbons (Fsp3) is 0.731. The van der Waals surface area contributed by atoms with Gasteiger partial charge in [-0.3, -0.25) is 4.79 Å². The van der Waals surface area contributed by atoms with E-state index < -0.39 is 36.7 Å². The fourth-order valence-electron chi connectivity index (χ4n) is 7.49. The SMILES string of the molecule is C#C[C@@]1(O)CC[C@H]2[C@@H]3CCC4=CC(=NOCC(=O)NC(CO)C(=O)O)CC[C@]4(C)[C@H]3CC[C@@]21C. The van der Waals surface area contributed by atoms with E-state index in [4.69, 9.17) is 21.5 Å². The highest BCUT2D eigenvalue weighted by atomic mass is 16.6. The highest BCUT2D eigenvalue weighted by Gasteiger charge is 2.63. The van der Waals surface area contributed by atoms with Crippen LogP contribution in [0.3, 0.4) is 0 Å². The zero-order valence-corrected chi connectivity index (χ0v) is 20.0. The van der Waals surface area contributed by atoms with Gasteiger partial charge in [0.15, 0.2) is 6.61 Å². The van der Waals surface area contributed by atoms with E-state index in [1.165, 1.54) is 5.57 Å². The van der Waals surface area contributed by atoms with Gasteiger partial charge in [0, 0.05) is 5.41 Å². The van der Waals surface area contributed by atoms with Crippen molar-refractivity contribution in [3.05, 3.63) is 11.6 Å². The molecule has 0 aromatic rings. The summed E-state index contributed by atoms with van der Waals surface area (Å²) in [6.45, 7) is 3.47. The summed E-state index contributed by atoms with van der Waals surface area (Å²) >= 11 is 0. The molecule has 0 heterocycles. The summed E-state index contributed by atoms with van der Waals surface area (Å²) < 4.78 is 0. The van der Waals surface area contributed by atoms with E-state index in [1.807, 2.05) is 0 Å². The largest absolute Gasteiger partial charge is 0.480 e. The molecule has 7 atom stereocenters. The maximum atomic E-state index is 11.9. The van der Waals surface area contributed by atoms with Gasteiger partial charge in [-0.25, -0.2) is 4.79 Å². The van der Waals surface area contributed by atoms with Crippen LogP contribution in [-0.2, 0) is 14.4 Å². The lowest BCUT2D eigenvalue weighted by Crippen LogP contribution is -2.54. The van der Waals surface area contributed by atoms with Crippen LogP contribution in [0, 0.1) is 40.9 Å². The molecule has 1 unspecified atom stereocenters. The number of aliphatic carboxylic acids is 1. The number of rotatable bonds is 6. The van der Waals surface area contributed by atoms with E-state index in [2.05, 4.69) is 36.3 Å². The van der Waals surface area contributed by atoms with E-state index in [1.54, 1.807) is 0 Å². The molecule has 4 N–H and O–H groups in total. The summed E-state index contributed by atoms with van der Waals surface area (Å²) in [4.78, 5) is 28.0. The van der Waals surface area contributed by atoms with Crippen molar-refractivity contribution in [2.75, 3.05) is 13.2 Å². The summed E-state index contributed by atoms with van der Waals surface area (Å²) in [6, 6.07) is -1.36. The van der Waals surface area contributed by atoms with Crippen LogP contribution in [0.15, 0.2) is 16.8 Å². The number of hydrogen-bond donors (Lipinski definition) is 4. The molecule has 0 radical (unpaired) electrons. The number of hydrogen-bond acceptors (Lipinski definition) is 6. The number of amides is 1. The lowest BCUT2D eigenvalue weighted by atomic mass is 9.46. The van der Waals surface area contributed by atoms with Crippen LogP contribution in [0.2, 0.25) is 0 Å². The number of carboxylic acids is 1. The van der Waals surface area contributed by atoms with E-state index in [0.717, 1.165) is 50.7 Å². The zero-order chi connectivity index (χ0) is 24.7. The van der Waals surface area contributed by atoms with Gasteiger partial charge in [-0.1, -0.05) is 30.5 Å². The van der Waals surface area contributed by atoms with Crippen LogP contribution in [0.1, 0.15) is 65.2 Å². The number of carbonyl (C=O) groups excluding carboxylic acids is 1. The Morgan fingerprint density at radius 3 is 2.65 bits per heavy atom. The van der Waals surface area contributed by atoms with Crippen molar-refractivity contribution in [2.24, 2.45) is 33.7 Å². The molecule has 34 heavy (non-hydrogen) atoms. The van der Waals surface area contributed by atoms with Crippen molar-refractivity contribution in [2.45, 2.75) is 76.9 Å². The summed E-state index contributed by atoms with van der Waals surface area (Å²) in [6.07, 6.45) is 15.4. The van der Waals surface area contributed by atoms with E-state index in [0.29, 0.717) is 24.2 Å². The molecule has 4 aliphatic carbocycles. The van der Waals surface area contributed by atoms with Crippen molar-refractivity contribution >= 4 is 17.6 Å². The summed E-state index contributed by atoms with van der Waals surface area (Å²) in [5.41, 5.74) is 1.07. The molecule has 0 saturated heterocycles. The Morgan fingerprint density at radius 2 is 1.97 bits per heavy atom. The number of aliphatic hydroxyl groups is 2. The fourth-order valence-corrected chi connectivity index (χ4v) is 7.49. The predicted octanol–water partition coefficient (Wildman–Crippen LogP) is 2.25. The van der Waals surface area contributed by atoms with Crippen LogP contribution >= 0.6 is 0 Å². The molecule has 8 heteroatoms. The Bertz CT molecular complexity index is 953. The third-order valence-corrected chi connectivity index (χ3v) is 9.56. The van der Waals surface area contributed by atoms with Gasteiger partial charge in [-0.15, -0.1) is 6.42 Å².